The third-order valence-electron chi connectivity index (χ3n) is 1.79. The van der Waals surface area contributed by atoms with Crippen LogP contribution in [0.25, 0.3) is 0 Å². The van der Waals surface area contributed by atoms with E-state index in [1.54, 1.807) is 12.1 Å². The summed E-state index contributed by atoms with van der Waals surface area (Å²) in [7, 11) is 1.30. The van der Waals surface area contributed by atoms with Crippen molar-refractivity contribution in [2.75, 3.05) is 7.11 Å². The highest BCUT2D eigenvalue weighted by molar-refractivity contribution is 5.76. The van der Waals surface area contributed by atoms with Gasteiger partial charge in [0.05, 0.1) is 7.11 Å². The maximum atomic E-state index is 11.0. The van der Waals surface area contributed by atoms with Crippen molar-refractivity contribution in [3.63, 3.8) is 0 Å². The van der Waals surface area contributed by atoms with Crippen molar-refractivity contribution in [2.24, 2.45) is 5.73 Å². The number of furan rings is 1. The summed E-state index contributed by atoms with van der Waals surface area (Å²) in [6, 6.07) is 2.68. The average Bonchev–Trinajstić information content (AvgIpc) is 2.63. The minimum absolute atomic E-state index is 0.448. The molecule has 0 saturated carbocycles. The fraction of sp³-hybridized carbons (Fsp3) is 0.444. The van der Waals surface area contributed by atoms with Crippen LogP contribution in [0.15, 0.2) is 16.5 Å². The third kappa shape index (κ3) is 2.09. The Morgan fingerprint density at radius 1 is 1.69 bits per heavy atom. The molecule has 4 heteroatoms. The van der Waals surface area contributed by atoms with E-state index in [0.29, 0.717) is 5.76 Å². The van der Waals surface area contributed by atoms with Crippen molar-refractivity contribution in [1.29, 1.82) is 0 Å². The second kappa shape index (κ2) is 4.09. The number of hydrogen-bond acceptors (Lipinski definition) is 4. The van der Waals surface area contributed by atoms with E-state index in [-0.39, 0.29) is 0 Å². The maximum absolute atomic E-state index is 11.0. The second-order valence-corrected chi connectivity index (χ2v) is 2.66. The molecule has 0 aliphatic heterocycles. The largest absolute Gasteiger partial charge is 0.468 e. The SMILES string of the molecule is CCc1ccc([C@@H](N)C(=O)OC)o1. The van der Waals surface area contributed by atoms with E-state index in [9.17, 15) is 4.79 Å². The zero-order valence-electron chi connectivity index (χ0n) is 7.74. The molecule has 1 aromatic heterocycles. The Hall–Kier alpha value is -1.29. The van der Waals surface area contributed by atoms with Gasteiger partial charge in [-0.25, -0.2) is 4.79 Å². The van der Waals surface area contributed by atoms with E-state index >= 15 is 0 Å². The number of rotatable bonds is 3. The van der Waals surface area contributed by atoms with Crippen molar-refractivity contribution < 1.29 is 13.9 Å². The Labute approximate surface area is 76.7 Å². The smallest absolute Gasteiger partial charge is 0.330 e. The summed E-state index contributed by atoms with van der Waals surface area (Å²) < 4.78 is 9.78. The van der Waals surface area contributed by atoms with E-state index in [4.69, 9.17) is 10.2 Å². The molecule has 1 atom stereocenters. The van der Waals surface area contributed by atoms with Gasteiger partial charge in [-0.1, -0.05) is 6.92 Å². The fourth-order valence-electron chi connectivity index (χ4n) is 0.995. The minimum atomic E-state index is -0.815. The summed E-state index contributed by atoms with van der Waals surface area (Å²) in [4.78, 5) is 11.0. The molecule has 0 radical (unpaired) electrons. The topological polar surface area (TPSA) is 65.5 Å². The van der Waals surface area contributed by atoms with Gasteiger partial charge in [0, 0.05) is 6.42 Å². The highest BCUT2D eigenvalue weighted by Gasteiger charge is 2.19. The fourth-order valence-corrected chi connectivity index (χ4v) is 0.995. The maximum Gasteiger partial charge on any atom is 0.330 e. The first-order chi connectivity index (χ1) is 6.19. The standard InChI is InChI=1S/C9H13NO3/c1-3-6-4-5-7(13-6)8(10)9(11)12-2/h4-5,8H,3,10H2,1-2H3/t8-/m1/s1. The van der Waals surface area contributed by atoms with Gasteiger partial charge in [-0.3, -0.25) is 0 Å². The van der Waals surface area contributed by atoms with E-state index in [0.717, 1.165) is 12.2 Å². The Morgan fingerprint density at radius 2 is 2.38 bits per heavy atom. The lowest BCUT2D eigenvalue weighted by atomic mass is 10.2. The Bertz CT molecular complexity index is 293. The van der Waals surface area contributed by atoms with Crippen molar-refractivity contribution in [3.8, 4) is 0 Å². The highest BCUT2D eigenvalue weighted by Crippen LogP contribution is 2.15. The van der Waals surface area contributed by atoms with Gasteiger partial charge in [0.15, 0.2) is 6.04 Å². The molecule has 0 amide bonds. The van der Waals surface area contributed by atoms with Crippen molar-refractivity contribution in [2.45, 2.75) is 19.4 Å². The monoisotopic (exact) mass is 183 g/mol. The Balaban J connectivity index is 2.76. The van der Waals surface area contributed by atoms with Crippen LogP contribution in [0.2, 0.25) is 0 Å². The zero-order chi connectivity index (χ0) is 9.84. The lowest BCUT2D eigenvalue weighted by molar-refractivity contribution is -0.142. The number of carbonyl (C=O) groups is 1. The van der Waals surface area contributed by atoms with Gasteiger partial charge in [-0.2, -0.15) is 0 Å². The predicted octanol–water partition coefficient (Wildman–Crippen LogP) is 1.01. The molecule has 0 bridgehead atoms. The van der Waals surface area contributed by atoms with Gasteiger partial charge in [0.2, 0.25) is 0 Å². The van der Waals surface area contributed by atoms with E-state index in [1.165, 1.54) is 7.11 Å². The number of nitrogens with two attached hydrogens (primary N) is 1. The molecule has 0 spiro atoms. The van der Waals surface area contributed by atoms with Crippen LogP contribution in [0.5, 0.6) is 0 Å². The number of esters is 1. The highest BCUT2D eigenvalue weighted by atomic mass is 16.5. The van der Waals surface area contributed by atoms with Crippen LogP contribution < -0.4 is 5.73 Å². The molecule has 0 unspecified atom stereocenters. The number of hydrogen-bond donors (Lipinski definition) is 1. The first kappa shape index (κ1) is 9.80. The van der Waals surface area contributed by atoms with Gasteiger partial charge in [-0.05, 0) is 12.1 Å². The lowest BCUT2D eigenvalue weighted by Crippen LogP contribution is -2.21. The molecular weight excluding hydrogens is 170 g/mol. The van der Waals surface area contributed by atoms with Gasteiger partial charge >= 0.3 is 5.97 Å². The normalized spacial score (nSPS) is 12.5. The first-order valence-corrected chi connectivity index (χ1v) is 4.11. The Kier molecular flexibility index (Phi) is 3.08. The van der Waals surface area contributed by atoms with Gasteiger partial charge < -0.3 is 14.9 Å². The molecule has 2 N–H and O–H groups in total. The molecule has 72 valence electrons. The van der Waals surface area contributed by atoms with Crippen molar-refractivity contribution >= 4 is 5.97 Å². The number of aryl methyl sites for hydroxylation is 1. The molecule has 0 aromatic carbocycles. The second-order valence-electron chi connectivity index (χ2n) is 2.66. The van der Waals surface area contributed by atoms with E-state index in [2.05, 4.69) is 4.74 Å². The molecular formula is C9H13NO3. The van der Waals surface area contributed by atoms with Crippen LogP contribution in [0.1, 0.15) is 24.5 Å². The van der Waals surface area contributed by atoms with E-state index in [1.807, 2.05) is 6.92 Å². The quantitative estimate of drug-likeness (QED) is 0.710. The molecule has 1 aromatic rings. The van der Waals surface area contributed by atoms with Gasteiger partial charge in [-0.15, -0.1) is 0 Å². The molecule has 0 aliphatic carbocycles. The molecule has 0 fully saturated rings. The van der Waals surface area contributed by atoms with Gasteiger partial charge in [0.25, 0.3) is 0 Å². The van der Waals surface area contributed by atoms with Crippen LogP contribution in [0.4, 0.5) is 0 Å². The van der Waals surface area contributed by atoms with Crippen molar-refractivity contribution in [1.82, 2.24) is 0 Å². The molecule has 0 saturated heterocycles. The van der Waals surface area contributed by atoms with Crippen LogP contribution in [-0.2, 0) is 16.0 Å². The molecule has 0 aliphatic rings. The number of ether oxygens (including phenoxy) is 1. The van der Waals surface area contributed by atoms with Crippen LogP contribution >= 0.6 is 0 Å². The summed E-state index contributed by atoms with van der Waals surface area (Å²) >= 11 is 0. The van der Waals surface area contributed by atoms with Crippen LogP contribution in [-0.4, -0.2) is 13.1 Å². The molecule has 1 rings (SSSR count). The first-order valence-electron chi connectivity index (χ1n) is 4.11. The predicted molar refractivity (Wildman–Crippen MR) is 47.0 cm³/mol. The summed E-state index contributed by atoms with van der Waals surface area (Å²) in [5.41, 5.74) is 5.55. The van der Waals surface area contributed by atoms with E-state index < -0.39 is 12.0 Å². The zero-order valence-corrected chi connectivity index (χ0v) is 7.74. The lowest BCUT2D eigenvalue weighted by Gasteiger charge is -2.04. The number of carbonyl (C=O) groups excluding carboxylic acids is 1. The summed E-state index contributed by atoms with van der Waals surface area (Å²) in [5.74, 6) is 0.773. The third-order valence-corrected chi connectivity index (χ3v) is 1.79. The van der Waals surface area contributed by atoms with Crippen LogP contribution in [0, 0.1) is 0 Å². The Morgan fingerprint density at radius 3 is 2.85 bits per heavy atom. The minimum Gasteiger partial charge on any atom is -0.468 e. The molecule has 1 heterocycles. The summed E-state index contributed by atoms with van der Waals surface area (Å²) in [6.45, 7) is 1.96. The van der Waals surface area contributed by atoms with Crippen LogP contribution in [0.3, 0.4) is 0 Å². The van der Waals surface area contributed by atoms with Crippen molar-refractivity contribution in [3.05, 3.63) is 23.7 Å². The average molecular weight is 183 g/mol. The molecule has 4 nitrogen and oxygen atoms in total. The number of methoxy groups -OCH3 is 1. The molecule has 13 heavy (non-hydrogen) atoms. The summed E-state index contributed by atoms with van der Waals surface area (Å²) in [6.07, 6.45) is 0.786. The van der Waals surface area contributed by atoms with Gasteiger partial charge in [0.1, 0.15) is 11.5 Å². The summed E-state index contributed by atoms with van der Waals surface area (Å²) in [5, 5.41) is 0.